The maximum Gasteiger partial charge on any atom is 0.317 e. The third kappa shape index (κ3) is 6.06. The number of benzene rings is 2. The first-order valence-electron chi connectivity index (χ1n) is 10.0. The van der Waals surface area contributed by atoms with Gasteiger partial charge in [0.15, 0.2) is 0 Å². The maximum atomic E-state index is 13.0. The predicted octanol–water partition coefficient (Wildman–Crippen LogP) is 3.28. The van der Waals surface area contributed by atoms with Crippen LogP contribution >= 0.6 is 0 Å². The Labute approximate surface area is 171 Å². The first kappa shape index (κ1) is 20.9. The first-order chi connectivity index (χ1) is 14.0. The van der Waals surface area contributed by atoms with Crippen LogP contribution in [0.2, 0.25) is 0 Å². The number of carboxylic acid groups (broad SMARTS) is 1. The highest BCUT2D eigenvalue weighted by molar-refractivity contribution is 5.94. The molecule has 0 saturated carbocycles. The summed E-state index contributed by atoms with van der Waals surface area (Å²) in [5.74, 6) is -0.151. The number of likely N-dealkylation sites (N-methyl/N-ethyl adjacent to an activating group) is 1. The predicted molar refractivity (Wildman–Crippen MR) is 111 cm³/mol. The number of carbonyl (C=O) groups excluding carboxylic acids is 1. The summed E-state index contributed by atoms with van der Waals surface area (Å²) >= 11 is 0. The van der Waals surface area contributed by atoms with Gasteiger partial charge >= 0.3 is 5.97 Å². The SMILES string of the molecule is CN(CC(=O)O)C1CCCN(C(=O)c2cccc(OCc3ccccc3)c2)CC1. The molecule has 1 amide bonds. The minimum Gasteiger partial charge on any atom is -0.489 e. The quantitative estimate of drug-likeness (QED) is 0.778. The number of ether oxygens (including phenoxy) is 1. The highest BCUT2D eigenvalue weighted by Gasteiger charge is 2.24. The Bertz CT molecular complexity index is 825. The van der Waals surface area contributed by atoms with E-state index in [4.69, 9.17) is 9.84 Å². The minimum absolute atomic E-state index is 0.00306. The second-order valence-corrected chi connectivity index (χ2v) is 7.49. The molecule has 29 heavy (non-hydrogen) atoms. The summed E-state index contributed by atoms with van der Waals surface area (Å²) in [5, 5.41) is 9.00. The molecule has 154 valence electrons. The van der Waals surface area contributed by atoms with Gasteiger partial charge in [0.25, 0.3) is 5.91 Å². The molecule has 0 bridgehead atoms. The van der Waals surface area contributed by atoms with Crippen molar-refractivity contribution >= 4 is 11.9 Å². The van der Waals surface area contributed by atoms with Gasteiger partial charge in [-0.15, -0.1) is 0 Å². The summed E-state index contributed by atoms with van der Waals surface area (Å²) in [5.41, 5.74) is 1.70. The molecule has 1 fully saturated rings. The van der Waals surface area contributed by atoms with E-state index >= 15 is 0 Å². The Balaban J connectivity index is 1.59. The zero-order valence-electron chi connectivity index (χ0n) is 16.8. The van der Waals surface area contributed by atoms with Gasteiger partial charge in [-0.1, -0.05) is 36.4 Å². The van der Waals surface area contributed by atoms with Crippen molar-refractivity contribution in [1.82, 2.24) is 9.80 Å². The molecule has 1 saturated heterocycles. The molecule has 0 aromatic heterocycles. The van der Waals surface area contributed by atoms with E-state index in [0.717, 1.165) is 24.8 Å². The first-order valence-corrected chi connectivity index (χ1v) is 10.0. The Hall–Kier alpha value is -2.86. The zero-order chi connectivity index (χ0) is 20.6. The van der Waals surface area contributed by atoms with E-state index in [0.29, 0.717) is 31.0 Å². The fourth-order valence-electron chi connectivity index (χ4n) is 3.71. The molecule has 1 unspecified atom stereocenters. The van der Waals surface area contributed by atoms with Crippen LogP contribution in [-0.2, 0) is 11.4 Å². The van der Waals surface area contributed by atoms with E-state index < -0.39 is 5.97 Å². The lowest BCUT2D eigenvalue weighted by Gasteiger charge is -2.25. The smallest absolute Gasteiger partial charge is 0.317 e. The number of amides is 1. The van der Waals surface area contributed by atoms with E-state index in [1.165, 1.54) is 0 Å². The van der Waals surface area contributed by atoms with E-state index in [1.54, 1.807) is 6.07 Å². The molecule has 0 radical (unpaired) electrons. The maximum absolute atomic E-state index is 13.0. The van der Waals surface area contributed by atoms with Gasteiger partial charge < -0.3 is 14.7 Å². The van der Waals surface area contributed by atoms with Crippen molar-refractivity contribution in [3.8, 4) is 5.75 Å². The minimum atomic E-state index is -0.822. The lowest BCUT2D eigenvalue weighted by atomic mass is 10.1. The van der Waals surface area contributed by atoms with E-state index in [-0.39, 0.29) is 18.5 Å². The molecular formula is C23H28N2O4. The number of aliphatic carboxylic acids is 1. The van der Waals surface area contributed by atoms with Crippen LogP contribution in [-0.4, -0.2) is 59.5 Å². The summed E-state index contributed by atoms with van der Waals surface area (Å²) in [6.07, 6.45) is 2.54. The Kier molecular flexibility index (Phi) is 7.25. The molecule has 0 spiro atoms. The number of rotatable bonds is 7. The van der Waals surface area contributed by atoms with Gasteiger partial charge in [0.2, 0.25) is 0 Å². The van der Waals surface area contributed by atoms with Crippen LogP contribution in [0.1, 0.15) is 35.2 Å². The van der Waals surface area contributed by atoms with Crippen LogP contribution in [0.25, 0.3) is 0 Å². The van der Waals surface area contributed by atoms with Crippen molar-refractivity contribution in [2.24, 2.45) is 0 Å². The van der Waals surface area contributed by atoms with E-state index in [1.807, 2.05) is 65.4 Å². The standard InChI is InChI=1S/C23H28N2O4/c1-24(16-22(26)27)20-10-6-13-25(14-12-20)23(28)19-9-5-11-21(15-19)29-17-18-7-3-2-4-8-18/h2-5,7-9,11,15,20H,6,10,12-14,16-17H2,1H3,(H,26,27). The van der Waals surface area contributed by atoms with Crippen LogP contribution in [0.15, 0.2) is 54.6 Å². The molecule has 2 aromatic carbocycles. The average molecular weight is 396 g/mol. The monoisotopic (exact) mass is 396 g/mol. The van der Waals surface area contributed by atoms with Crippen molar-refractivity contribution in [3.05, 3.63) is 65.7 Å². The van der Waals surface area contributed by atoms with Gasteiger partial charge in [-0.25, -0.2) is 0 Å². The second kappa shape index (κ2) is 10.1. The van der Waals surface area contributed by atoms with Crippen LogP contribution in [0.5, 0.6) is 5.75 Å². The topological polar surface area (TPSA) is 70.1 Å². The van der Waals surface area contributed by atoms with Gasteiger partial charge in [-0.3, -0.25) is 14.5 Å². The van der Waals surface area contributed by atoms with Crippen LogP contribution < -0.4 is 4.74 Å². The molecule has 1 aliphatic rings. The normalized spacial score (nSPS) is 17.0. The number of nitrogens with zero attached hydrogens (tertiary/aromatic N) is 2. The van der Waals surface area contributed by atoms with E-state index in [2.05, 4.69) is 0 Å². The number of carboxylic acids is 1. The van der Waals surface area contributed by atoms with Crippen LogP contribution in [0, 0.1) is 0 Å². The lowest BCUT2D eigenvalue weighted by Crippen LogP contribution is -2.37. The average Bonchev–Trinajstić information content (AvgIpc) is 2.99. The second-order valence-electron chi connectivity index (χ2n) is 7.49. The number of likely N-dealkylation sites (tertiary alicyclic amines) is 1. The van der Waals surface area contributed by atoms with Gasteiger partial charge in [0.05, 0.1) is 6.54 Å². The summed E-state index contributed by atoms with van der Waals surface area (Å²) in [6, 6.07) is 17.4. The molecule has 3 rings (SSSR count). The van der Waals surface area contributed by atoms with Crippen molar-refractivity contribution in [2.75, 3.05) is 26.7 Å². The highest BCUT2D eigenvalue weighted by Crippen LogP contribution is 2.20. The largest absolute Gasteiger partial charge is 0.489 e. The lowest BCUT2D eigenvalue weighted by molar-refractivity contribution is -0.138. The molecule has 1 N–H and O–H groups in total. The van der Waals surface area contributed by atoms with Crippen LogP contribution in [0.3, 0.4) is 0 Å². The summed E-state index contributed by atoms with van der Waals surface area (Å²) in [4.78, 5) is 27.7. The fourth-order valence-corrected chi connectivity index (χ4v) is 3.71. The molecule has 1 heterocycles. The Morgan fingerprint density at radius 3 is 2.66 bits per heavy atom. The van der Waals surface area contributed by atoms with Gasteiger partial charge in [-0.2, -0.15) is 0 Å². The number of hydrogen-bond acceptors (Lipinski definition) is 4. The van der Waals surface area contributed by atoms with Crippen molar-refractivity contribution in [3.63, 3.8) is 0 Å². The summed E-state index contributed by atoms with van der Waals surface area (Å²) < 4.78 is 5.85. The van der Waals surface area contributed by atoms with Gasteiger partial charge in [0, 0.05) is 24.7 Å². The number of hydrogen-bond donors (Lipinski definition) is 1. The fraction of sp³-hybridized carbons (Fsp3) is 0.391. The molecule has 6 nitrogen and oxygen atoms in total. The van der Waals surface area contributed by atoms with Crippen molar-refractivity contribution in [2.45, 2.75) is 31.9 Å². The van der Waals surface area contributed by atoms with Crippen LogP contribution in [0.4, 0.5) is 0 Å². The number of carbonyl (C=O) groups is 2. The molecular weight excluding hydrogens is 368 g/mol. The highest BCUT2D eigenvalue weighted by atomic mass is 16.5. The molecule has 0 aliphatic carbocycles. The van der Waals surface area contributed by atoms with Crippen molar-refractivity contribution in [1.29, 1.82) is 0 Å². The molecule has 6 heteroatoms. The van der Waals surface area contributed by atoms with Gasteiger partial charge in [-0.05, 0) is 50.1 Å². The Morgan fingerprint density at radius 1 is 1.10 bits per heavy atom. The molecule has 1 aliphatic heterocycles. The third-order valence-electron chi connectivity index (χ3n) is 5.32. The Morgan fingerprint density at radius 2 is 1.90 bits per heavy atom. The summed E-state index contributed by atoms with van der Waals surface area (Å²) in [7, 11) is 1.84. The zero-order valence-corrected chi connectivity index (χ0v) is 16.8. The summed E-state index contributed by atoms with van der Waals surface area (Å²) in [6.45, 7) is 1.80. The third-order valence-corrected chi connectivity index (χ3v) is 5.32. The van der Waals surface area contributed by atoms with Gasteiger partial charge in [0.1, 0.15) is 12.4 Å². The van der Waals surface area contributed by atoms with Crippen molar-refractivity contribution < 1.29 is 19.4 Å². The molecule has 1 atom stereocenters. The van der Waals surface area contributed by atoms with E-state index in [9.17, 15) is 9.59 Å². The molecule has 2 aromatic rings.